The van der Waals surface area contributed by atoms with Crippen molar-refractivity contribution in [2.24, 2.45) is 0 Å². The Morgan fingerprint density at radius 3 is 2.65 bits per heavy atom. The van der Waals surface area contributed by atoms with Crippen molar-refractivity contribution in [3.63, 3.8) is 0 Å². The van der Waals surface area contributed by atoms with E-state index in [0.29, 0.717) is 11.4 Å². The second-order valence-corrected chi connectivity index (χ2v) is 6.52. The molecule has 0 aliphatic carbocycles. The molecule has 0 fully saturated rings. The highest BCUT2D eigenvalue weighted by Gasteiger charge is 2.49. The van der Waals surface area contributed by atoms with Crippen molar-refractivity contribution in [3.8, 4) is 5.75 Å². The molecule has 2 aromatic rings. The van der Waals surface area contributed by atoms with Gasteiger partial charge in [-0.05, 0) is 37.1 Å². The number of hydrogen-bond acceptors (Lipinski definition) is 4. The van der Waals surface area contributed by atoms with Gasteiger partial charge in [-0.25, -0.2) is 0 Å². The van der Waals surface area contributed by atoms with Gasteiger partial charge in [-0.2, -0.15) is 0 Å². The van der Waals surface area contributed by atoms with Gasteiger partial charge in [-0.1, -0.05) is 36.4 Å². The Balaban J connectivity index is 1.87. The maximum Gasteiger partial charge on any atom is 0.278 e. The first-order valence-corrected chi connectivity index (χ1v) is 8.49. The predicted octanol–water partition coefficient (Wildman–Crippen LogP) is 2.11. The Bertz CT molecular complexity index is 822. The zero-order valence-corrected chi connectivity index (χ0v) is 14.9. The van der Waals surface area contributed by atoms with Gasteiger partial charge in [0.25, 0.3) is 17.4 Å². The van der Waals surface area contributed by atoms with Gasteiger partial charge in [0.2, 0.25) is 0 Å². The monoisotopic (exact) mass is 354 g/mol. The van der Waals surface area contributed by atoms with Crippen LogP contribution >= 0.6 is 0 Å². The fraction of sp³-hybridized carbons (Fsp3) is 0.300. The summed E-state index contributed by atoms with van der Waals surface area (Å²) in [6.45, 7) is 3.57. The van der Waals surface area contributed by atoms with E-state index in [4.69, 9.17) is 4.74 Å². The standard InChI is InChI=1S/C20H22N2O4/c1-14-8-9-17-16(12-14)21-18(24)20(2,26-17)19(25)22(10-11-23)13-15-6-4-3-5-7-15/h3-9,12,23H,10-11,13H2,1-2H3,(H,21,24). The van der Waals surface area contributed by atoms with Crippen molar-refractivity contribution in [2.45, 2.75) is 26.0 Å². The average molecular weight is 354 g/mol. The Morgan fingerprint density at radius 1 is 1.23 bits per heavy atom. The Morgan fingerprint density at radius 2 is 1.96 bits per heavy atom. The zero-order chi connectivity index (χ0) is 18.7. The number of hydrogen-bond donors (Lipinski definition) is 2. The van der Waals surface area contributed by atoms with Crippen LogP contribution < -0.4 is 10.1 Å². The molecule has 6 nitrogen and oxygen atoms in total. The summed E-state index contributed by atoms with van der Waals surface area (Å²) in [5.74, 6) is -0.551. The number of amides is 2. The lowest BCUT2D eigenvalue weighted by molar-refractivity contribution is -0.155. The minimum absolute atomic E-state index is 0.112. The van der Waals surface area contributed by atoms with Crippen LogP contribution in [0, 0.1) is 6.92 Å². The van der Waals surface area contributed by atoms with Crippen LogP contribution in [0.4, 0.5) is 5.69 Å². The van der Waals surface area contributed by atoms with E-state index in [0.717, 1.165) is 11.1 Å². The largest absolute Gasteiger partial charge is 0.466 e. The smallest absolute Gasteiger partial charge is 0.278 e. The van der Waals surface area contributed by atoms with Gasteiger partial charge in [0, 0.05) is 13.1 Å². The third kappa shape index (κ3) is 3.41. The zero-order valence-electron chi connectivity index (χ0n) is 14.9. The average Bonchev–Trinajstić information content (AvgIpc) is 2.63. The molecular weight excluding hydrogens is 332 g/mol. The SMILES string of the molecule is Cc1ccc2c(c1)NC(=O)C(C)(C(=O)N(CCO)Cc1ccccc1)O2. The number of nitrogens with one attached hydrogen (secondary N) is 1. The van der Waals surface area contributed by atoms with Crippen LogP contribution in [-0.4, -0.2) is 40.6 Å². The van der Waals surface area contributed by atoms with Gasteiger partial charge in [0.15, 0.2) is 0 Å². The number of anilines is 1. The van der Waals surface area contributed by atoms with E-state index in [1.54, 1.807) is 12.1 Å². The summed E-state index contributed by atoms with van der Waals surface area (Å²) < 4.78 is 5.83. The number of benzene rings is 2. The van der Waals surface area contributed by atoms with E-state index < -0.39 is 17.4 Å². The van der Waals surface area contributed by atoms with Crippen LogP contribution in [0.5, 0.6) is 5.75 Å². The number of rotatable bonds is 5. The van der Waals surface area contributed by atoms with Crippen molar-refractivity contribution in [2.75, 3.05) is 18.5 Å². The fourth-order valence-electron chi connectivity index (χ4n) is 2.96. The van der Waals surface area contributed by atoms with Crippen LogP contribution in [0.1, 0.15) is 18.1 Å². The molecule has 1 aliphatic rings. The highest BCUT2D eigenvalue weighted by atomic mass is 16.5. The fourth-order valence-corrected chi connectivity index (χ4v) is 2.96. The van der Waals surface area contributed by atoms with Crippen molar-refractivity contribution in [3.05, 3.63) is 59.7 Å². The van der Waals surface area contributed by atoms with Gasteiger partial charge >= 0.3 is 0 Å². The highest BCUT2D eigenvalue weighted by Crippen LogP contribution is 2.35. The molecule has 136 valence electrons. The molecule has 2 N–H and O–H groups in total. The molecule has 0 aromatic heterocycles. The molecule has 0 bridgehead atoms. The minimum Gasteiger partial charge on any atom is -0.466 e. The lowest BCUT2D eigenvalue weighted by atomic mass is 9.99. The summed E-state index contributed by atoms with van der Waals surface area (Å²) >= 11 is 0. The maximum absolute atomic E-state index is 13.1. The third-order valence-corrected chi connectivity index (χ3v) is 4.41. The quantitative estimate of drug-likeness (QED) is 0.806. The summed E-state index contributed by atoms with van der Waals surface area (Å²) in [6, 6.07) is 14.8. The first-order valence-electron chi connectivity index (χ1n) is 8.49. The number of nitrogens with zero attached hydrogens (tertiary/aromatic N) is 1. The molecular formula is C20H22N2O4. The van der Waals surface area contributed by atoms with Crippen LogP contribution in [0.15, 0.2) is 48.5 Å². The van der Waals surface area contributed by atoms with Crippen molar-refractivity contribution < 1.29 is 19.4 Å². The van der Waals surface area contributed by atoms with Crippen LogP contribution in [0.2, 0.25) is 0 Å². The van der Waals surface area contributed by atoms with E-state index in [1.165, 1.54) is 11.8 Å². The number of carbonyl (C=O) groups is 2. The molecule has 6 heteroatoms. The van der Waals surface area contributed by atoms with E-state index in [2.05, 4.69) is 5.32 Å². The topological polar surface area (TPSA) is 78.9 Å². The number of fused-ring (bicyclic) bond motifs is 1. The first kappa shape index (κ1) is 17.9. The van der Waals surface area contributed by atoms with E-state index in [1.807, 2.05) is 43.3 Å². The van der Waals surface area contributed by atoms with Gasteiger partial charge in [0.05, 0.1) is 12.3 Å². The number of aliphatic hydroxyl groups excluding tert-OH is 1. The van der Waals surface area contributed by atoms with Crippen LogP contribution in [0.3, 0.4) is 0 Å². The number of aliphatic hydroxyl groups is 1. The molecule has 26 heavy (non-hydrogen) atoms. The number of carbonyl (C=O) groups excluding carboxylic acids is 2. The lowest BCUT2D eigenvalue weighted by Crippen LogP contribution is -2.59. The van der Waals surface area contributed by atoms with Gasteiger partial charge in [0.1, 0.15) is 5.75 Å². The third-order valence-electron chi connectivity index (χ3n) is 4.41. The second-order valence-electron chi connectivity index (χ2n) is 6.52. The van der Waals surface area contributed by atoms with Crippen LogP contribution in [0.25, 0.3) is 0 Å². The molecule has 1 atom stereocenters. The molecule has 0 saturated carbocycles. The predicted molar refractivity (Wildman–Crippen MR) is 97.8 cm³/mol. The Hall–Kier alpha value is -2.86. The second kappa shape index (κ2) is 7.17. The molecule has 0 spiro atoms. The molecule has 1 unspecified atom stereocenters. The Kier molecular flexibility index (Phi) is 4.95. The van der Waals surface area contributed by atoms with Gasteiger partial charge in [-0.3, -0.25) is 9.59 Å². The molecule has 0 radical (unpaired) electrons. The molecule has 0 saturated heterocycles. The van der Waals surface area contributed by atoms with Crippen LogP contribution in [-0.2, 0) is 16.1 Å². The summed E-state index contributed by atoms with van der Waals surface area (Å²) in [6.07, 6.45) is 0. The van der Waals surface area contributed by atoms with Gasteiger partial charge in [-0.15, -0.1) is 0 Å². The summed E-state index contributed by atoms with van der Waals surface area (Å²) in [4.78, 5) is 27.2. The molecule has 2 amide bonds. The van der Waals surface area contributed by atoms with Gasteiger partial charge < -0.3 is 20.1 Å². The van der Waals surface area contributed by atoms with Crippen molar-refractivity contribution in [1.82, 2.24) is 4.90 Å². The van der Waals surface area contributed by atoms with E-state index in [-0.39, 0.29) is 19.7 Å². The van der Waals surface area contributed by atoms with Crippen molar-refractivity contribution in [1.29, 1.82) is 0 Å². The molecule has 2 aromatic carbocycles. The van der Waals surface area contributed by atoms with E-state index in [9.17, 15) is 14.7 Å². The first-order chi connectivity index (χ1) is 12.4. The Labute approximate surface area is 152 Å². The molecule has 1 heterocycles. The lowest BCUT2D eigenvalue weighted by Gasteiger charge is -2.37. The number of aryl methyl sites for hydroxylation is 1. The summed E-state index contributed by atoms with van der Waals surface area (Å²) in [7, 11) is 0. The highest BCUT2D eigenvalue weighted by molar-refractivity contribution is 6.15. The normalized spacial score (nSPS) is 18.5. The van der Waals surface area contributed by atoms with E-state index >= 15 is 0 Å². The molecule has 1 aliphatic heterocycles. The van der Waals surface area contributed by atoms with Crippen molar-refractivity contribution >= 4 is 17.5 Å². The number of ether oxygens (including phenoxy) is 1. The molecule has 3 rings (SSSR count). The maximum atomic E-state index is 13.1. The minimum atomic E-state index is -1.69. The summed E-state index contributed by atoms with van der Waals surface area (Å²) in [5, 5.41) is 12.1. The summed E-state index contributed by atoms with van der Waals surface area (Å²) in [5.41, 5.74) is 0.752.